The summed E-state index contributed by atoms with van der Waals surface area (Å²) in [6, 6.07) is 59.4. The zero-order chi connectivity index (χ0) is 35.0. The Kier molecular flexibility index (Phi) is 8.23. The van der Waals surface area contributed by atoms with Gasteiger partial charge in [-0.15, -0.1) is 0 Å². The second-order valence-electron chi connectivity index (χ2n) is 13.0. The van der Waals surface area contributed by atoms with Gasteiger partial charge in [-0.05, 0) is 84.7 Å². The van der Waals surface area contributed by atoms with Gasteiger partial charge in [0.2, 0.25) is 0 Å². The highest BCUT2D eigenvalue weighted by molar-refractivity contribution is 7.80. The van der Waals surface area contributed by atoms with Crippen LogP contribution in [-0.4, -0.2) is 15.0 Å². The lowest BCUT2D eigenvalue weighted by molar-refractivity contribution is 0.488. The number of hydrogen-bond donors (Lipinski definition) is 0. The molecule has 1 atom stereocenters. The number of ether oxygens (including phenoxy) is 1. The van der Waals surface area contributed by atoms with Crippen LogP contribution in [0.5, 0.6) is 11.5 Å². The van der Waals surface area contributed by atoms with Gasteiger partial charge in [-0.3, -0.25) is 0 Å². The summed E-state index contributed by atoms with van der Waals surface area (Å²) in [6.07, 6.45) is 0. The van der Waals surface area contributed by atoms with Gasteiger partial charge in [-0.25, -0.2) is 15.0 Å². The van der Waals surface area contributed by atoms with Crippen molar-refractivity contribution in [1.29, 1.82) is 0 Å². The monoisotopic (exact) mass is 687 g/mol. The minimum absolute atomic E-state index is 0.656. The van der Waals surface area contributed by atoms with E-state index in [1.165, 1.54) is 43.7 Å². The Morgan fingerprint density at radius 3 is 1.46 bits per heavy atom. The Bertz CT molecular complexity index is 2510. The van der Waals surface area contributed by atoms with Crippen LogP contribution < -0.4 is 20.7 Å². The van der Waals surface area contributed by atoms with Crippen molar-refractivity contribution in [3.05, 3.63) is 181 Å². The first kappa shape index (κ1) is 31.7. The summed E-state index contributed by atoms with van der Waals surface area (Å²) in [4.78, 5) is 14.7. The highest BCUT2D eigenvalue weighted by Gasteiger charge is 2.28. The van der Waals surface area contributed by atoms with Crippen LogP contribution in [0.2, 0.25) is 0 Å². The molecule has 0 amide bonds. The molecule has 9 rings (SSSR count). The number of aromatic nitrogens is 3. The zero-order valence-corrected chi connectivity index (χ0v) is 29.8. The Hall–Kier alpha value is -6.22. The smallest absolute Gasteiger partial charge is 0.164 e. The molecule has 0 saturated heterocycles. The molecule has 0 bridgehead atoms. The van der Waals surface area contributed by atoms with E-state index in [1.807, 2.05) is 66.7 Å². The van der Waals surface area contributed by atoms with E-state index in [0.717, 1.165) is 33.8 Å². The van der Waals surface area contributed by atoms with E-state index in [2.05, 4.69) is 117 Å². The van der Waals surface area contributed by atoms with E-state index in [0.29, 0.717) is 17.5 Å². The molecule has 2 heterocycles. The molecule has 0 spiro atoms. The third kappa shape index (κ3) is 5.98. The second kappa shape index (κ2) is 13.5. The molecule has 8 aromatic rings. The van der Waals surface area contributed by atoms with Gasteiger partial charge in [-0.1, -0.05) is 146 Å². The number of para-hydroxylation sites is 1. The van der Waals surface area contributed by atoms with Crippen LogP contribution in [0.25, 0.3) is 56.4 Å². The molecular formula is C47H34N3OP. The van der Waals surface area contributed by atoms with Gasteiger partial charge in [0.05, 0.1) is 0 Å². The number of nitrogens with zero attached hydrogens (tertiary/aromatic N) is 3. The molecule has 52 heavy (non-hydrogen) atoms. The Labute approximate surface area is 305 Å². The van der Waals surface area contributed by atoms with Crippen molar-refractivity contribution in [1.82, 2.24) is 15.0 Å². The van der Waals surface area contributed by atoms with Gasteiger partial charge < -0.3 is 4.74 Å². The van der Waals surface area contributed by atoms with E-state index in [1.54, 1.807) is 0 Å². The molecule has 0 fully saturated rings. The lowest BCUT2D eigenvalue weighted by atomic mass is 9.92. The summed E-state index contributed by atoms with van der Waals surface area (Å²) in [5.41, 5.74) is 10.0. The van der Waals surface area contributed by atoms with Gasteiger partial charge in [0, 0.05) is 27.3 Å². The van der Waals surface area contributed by atoms with E-state index >= 15 is 0 Å². The van der Waals surface area contributed by atoms with E-state index in [9.17, 15) is 0 Å². The maximum absolute atomic E-state index is 6.44. The SMILES string of the molecule is Cc1cc(-c2ccc3c(c2)P(c2ccccc2)c2ccccc2O3)ccc1-c1ccc(-c2nc(-c3ccccc3)nc(-c3ccccc3)n2)cc1C. The number of benzene rings is 7. The molecule has 7 aromatic carbocycles. The fraction of sp³-hybridized carbons (Fsp3) is 0.0426. The van der Waals surface area contributed by atoms with Gasteiger partial charge in [0.15, 0.2) is 17.5 Å². The molecule has 248 valence electrons. The van der Waals surface area contributed by atoms with Gasteiger partial charge in [0.1, 0.15) is 11.5 Å². The Morgan fingerprint density at radius 2 is 0.846 bits per heavy atom. The quantitative estimate of drug-likeness (QED) is 0.163. The van der Waals surface area contributed by atoms with E-state index in [-0.39, 0.29) is 0 Å². The average Bonchev–Trinajstić information content (AvgIpc) is 3.20. The summed E-state index contributed by atoms with van der Waals surface area (Å²) in [5, 5.41) is 3.82. The number of hydrogen-bond acceptors (Lipinski definition) is 4. The number of aryl methyl sites for hydroxylation is 2. The van der Waals surface area contributed by atoms with Crippen LogP contribution in [0.4, 0.5) is 0 Å². The van der Waals surface area contributed by atoms with Crippen molar-refractivity contribution in [2.24, 2.45) is 0 Å². The molecule has 0 radical (unpaired) electrons. The fourth-order valence-corrected chi connectivity index (χ4v) is 9.45. The highest BCUT2D eigenvalue weighted by atomic mass is 31.1. The van der Waals surface area contributed by atoms with Gasteiger partial charge >= 0.3 is 0 Å². The first-order valence-corrected chi connectivity index (χ1v) is 18.8. The molecule has 1 unspecified atom stereocenters. The van der Waals surface area contributed by atoms with Crippen LogP contribution in [-0.2, 0) is 0 Å². The van der Waals surface area contributed by atoms with Crippen molar-refractivity contribution in [2.45, 2.75) is 13.8 Å². The molecule has 1 aliphatic heterocycles. The van der Waals surface area contributed by atoms with E-state index in [4.69, 9.17) is 19.7 Å². The molecule has 0 aliphatic carbocycles. The zero-order valence-electron chi connectivity index (χ0n) is 28.9. The van der Waals surface area contributed by atoms with Crippen LogP contribution in [0.15, 0.2) is 170 Å². The first-order valence-electron chi connectivity index (χ1n) is 17.4. The van der Waals surface area contributed by atoms with Crippen LogP contribution in [0, 0.1) is 13.8 Å². The molecule has 1 aromatic heterocycles. The van der Waals surface area contributed by atoms with Crippen molar-refractivity contribution < 1.29 is 4.74 Å². The summed E-state index contributed by atoms with van der Waals surface area (Å²) >= 11 is 0. The summed E-state index contributed by atoms with van der Waals surface area (Å²) in [6.45, 7) is 4.36. The van der Waals surface area contributed by atoms with Crippen molar-refractivity contribution in [3.63, 3.8) is 0 Å². The predicted octanol–water partition coefficient (Wildman–Crippen LogP) is 10.7. The largest absolute Gasteiger partial charge is 0.456 e. The van der Waals surface area contributed by atoms with Gasteiger partial charge in [0.25, 0.3) is 0 Å². The first-order chi connectivity index (χ1) is 25.6. The van der Waals surface area contributed by atoms with Gasteiger partial charge in [-0.2, -0.15) is 0 Å². The normalized spacial score (nSPS) is 13.2. The molecule has 1 aliphatic rings. The average molecular weight is 688 g/mol. The third-order valence-electron chi connectivity index (χ3n) is 9.57. The van der Waals surface area contributed by atoms with Crippen molar-refractivity contribution >= 4 is 23.8 Å². The topological polar surface area (TPSA) is 47.9 Å². The molecule has 4 nitrogen and oxygen atoms in total. The minimum atomic E-state index is -0.752. The van der Waals surface area contributed by atoms with Crippen LogP contribution in [0.1, 0.15) is 11.1 Å². The van der Waals surface area contributed by atoms with Crippen molar-refractivity contribution in [2.75, 3.05) is 0 Å². The lowest BCUT2D eigenvalue weighted by Crippen LogP contribution is -2.27. The predicted molar refractivity (Wildman–Crippen MR) is 215 cm³/mol. The maximum Gasteiger partial charge on any atom is 0.164 e. The third-order valence-corrected chi connectivity index (χ3v) is 12.1. The lowest BCUT2D eigenvalue weighted by Gasteiger charge is -2.29. The Morgan fingerprint density at radius 1 is 0.385 bits per heavy atom. The molecular weight excluding hydrogens is 654 g/mol. The molecule has 5 heteroatoms. The summed E-state index contributed by atoms with van der Waals surface area (Å²) in [7, 11) is -0.752. The van der Waals surface area contributed by atoms with Crippen molar-refractivity contribution in [3.8, 4) is 67.9 Å². The minimum Gasteiger partial charge on any atom is -0.456 e. The summed E-state index contributed by atoms with van der Waals surface area (Å²) in [5.74, 6) is 3.86. The van der Waals surface area contributed by atoms with Crippen LogP contribution in [0.3, 0.4) is 0 Å². The summed E-state index contributed by atoms with van der Waals surface area (Å²) < 4.78 is 6.44. The standard InChI is InChI=1S/C47H34N3OP/c1-31-28-35(36-24-27-42-44(30-36)52(38-18-10-5-11-19-38)43-21-13-12-20-41(43)51-42)22-25-39(31)40-26-23-37(29-32(40)2)47-49-45(33-14-6-3-7-15-33)48-46(50-47)34-16-8-4-9-17-34/h3-30H,1-2H3. The highest BCUT2D eigenvalue weighted by Crippen LogP contribution is 2.45. The van der Waals surface area contributed by atoms with Crippen LogP contribution >= 0.6 is 7.92 Å². The second-order valence-corrected chi connectivity index (χ2v) is 15.2. The number of rotatable bonds is 6. The Balaban J connectivity index is 1.06. The number of fused-ring (bicyclic) bond motifs is 2. The maximum atomic E-state index is 6.44. The molecule has 0 N–H and O–H groups in total. The van der Waals surface area contributed by atoms with E-state index < -0.39 is 7.92 Å². The molecule has 0 saturated carbocycles. The fourth-order valence-electron chi connectivity index (χ4n) is 6.98.